The number of aromatic nitrogens is 2. The Hall–Kier alpha value is -3.11. The average molecular weight is 421 g/mol. The van der Waals surface area contributed by atoms with Crippen LogP contribution < -0.4 is 4.72 Å². The summed E-state index contributed by atoms with van der Waals surface area (Å²) in [5.41, 5.74) is 1.22. The summed E-state index contributed by atoms with van der Waals surface area (Å²) in [6.07, 6.45) is 1.37. The second kappa shape index (κ2) is 8.93. The van der Waals surface area contributed by atoms with E-state index >= 15 is 0 Å². The first-order chi connectivity index (χ1) is 13.9. The van der Waals surface area contributed by atoms with Gasteiger partial charge in [-0.05, 0) is 23.8 Å². The van der Waals surface area contributed by atoms with Crippen molar-refractivity contribution in [3.8, 4) is 0 Å². The average Bonchev–Trinajstić information content (AvgIpc) is 3.09. The van der Waals surface area contributed by atoms with Gasteiger partial charge in [0.2, 0.25) is 10.0 Å². The third-order valence-corrected chi connectivity index (χ3v) is 4.92. The third kappa shape index (κ3) is 5.46. The molecule has 1 aromatic heterocycles. The highest BCUT2D eigenvalue weighted by Crippen LogP contribution is 2.23. The lowest BCUT2D eigenvalue weighted by Crippen LogP contribution is -2.29. The van der Waals surface area contributed by atoms with E-state index in [1.165, 1.54) is 12.1 Å². The maximum atomic E-state index is 13.3. The van der Waals surface area contributed by atoms with E-state index in [1.807, 2.05) is 0 Å². The minimum Gasteiger partial charge on any atom is -0.457 e. The minimum atomic E-state index is -3.87. The topological polar surface area (TPSA) is 90.3 Å². The number of hydrogen-bond acceptors (Lipinski definition) is 5. The number of alkyl halides is 2. The van der Waals surface area contributed by atoms with E-state index in [-0.39, 0.29) is 11.3 Å². The van der Waals surface area contributed by atoms with Crippen LogP contribution in [0.4, 0.5) is 8.78 Å². The smallest absolute Gasteiger partial charge is 0.321 e. The molecule has 0 atom stereocenters. The van der Waals surface area contributed by atoms with Crippen molar-refractivity contribution in [1.29, 1.82) is 0 Å². The fourth-order valence-electron chi connectivity index (χ4n) is 2.55. The molecule has 3 aromatic rings. The number of carbonyl (C=O) groups is 1. The lowest BCUT2D eigenvalue weighted by Gasteiger charge is -2.08. The summed E-state index contributed by atoms with van der Waals surface area (Å²) in [4.78, 5) is 15.9. The van der Waals surface area contributed by atoms with E-state index in [1.54, 1.807) is 48.5 Å². The first-order valence-corrected chi connectivity index (χ1v) is 10.0. The van der Waals surface area contributed by atoms with Gasteiger partial charge in [0, 0.05) is 5.41 Å². The number of halogens is 2. The lowest BCUT2D eigenvalue weighted by molar-refractivity contribution is -0.144. The standard InChI is InChI=1S/C19H17F2N3O4S/c20-19(21)24-16-9-5-4-8-15(16)23-17(24)13-28-18(25)12-22-29(26,27)11-10-14-6-2-1-3-7-14/h1-11,19,22H,12-13H2/b11-10+. The van der Waals surface area contributed by atoms with E-state index in [2.05, 4.69) is 9.71 Å². The molecule has 7 nitrogen and oxygen atoms in total. The molecule has 0 saturated heterocycles. The first-order valence-electron chi connectivity index (χ1n) is 8.48. The second-order valence-corrected chi connectivity index (χ2v) is 7.56. The van der Waals surface area contributed by atoms with Gasteiger partial charge in [0.15, 0.2) is 5.82 Å². The molecule has 0 bridgehead atoms. The Kier molecular flexibility index (Phi) is 6.35. The van der Waals surface area contributed by atoms with Crippen molar-refractivity contribution in [2.45, 2.75) is 13.2 Å². The van der Waals surface area contributed by atoms with Crippen LogP contribution in [0.15, 0.2) is 60.0 Å². The molecule has 0 amide bonds. The number of sulfonamides is 1. The summed E-state index contributed by atoms with van der Waals surface area (Å²) in [7, 11) is -3.87. The van der Waals surface area contributed by atoms with Gasteiger partial charge in [0.25, 0.3) is 0 Å². The zero-order chi connectivity index (χ0) is 20.9. The van der Waals surface area contributed by atoms with Gasteiger partial charge < -0.3 is 4.74 Å². The van der Waals surface area contributed by atoms with Gasteiger partial charge in [-0.1, -0.05) is 42.5 Å². The van der Waals surface area contributed by atoms with Crippen LogP contribution in [-0.2, 0) is 26.2 Å². The normalized spacial score (nSPS) is 12.1. The molecule has 1 N–H and O–H groups in total. The maximum Gasteiger partial charge on any atom is 0.321 e. The maximum absolute atomic E-state index is 13.3. The first kappa shape index (κ1) is 20.6. The molecule has 10 heteroatoms. The highest BCUT2D eigenvalue weighted by atomic mass is 32.2. The zero-order valence-electron chi connectivity index (χ0n) is 15.0. The predicted molar refractivity (Wildman–Crippen MR) is 103 cm³/mol. The number of imidazole rings is 1. The molecule has 0 unspecified atom stereocenters. The van der Waals surface area contributed by atoms with Crippen LogP contribution in [0, 0.1) is 0 Å². The number of para-hydroxylation sites is 2. The predicted octanol–water partition coefficient (Wildman–Crippen LogP) is 3.06. The molecule has 0 aliphatic rings. The molecule has 0 aliphatic heterocycles. The van der Waals surface area contributed by atoms with Crippen LogP contribution >= 0.6 is 0 Å². The van der Waals surface area contributed by atoms with Crippen molar-refractivity contribution in [1.82, 2.24) is 14.3 Å². The second-order valence-electron chi connectivity index (χ2n) is 5.90. The zero-order valence-corrected chi connectivity index (χ0v) is 15.9. The fourth-order valence-corrected chi connectivity index (χ4v) is 3.30. The minimum absolute atomic E-state index is 0.138. The highest BCUT2D eigenvalue weighted by Gasteiger charge is 2.19. The van der Waals surface area contributed by atoms with E-state index in [9.17, 15) is 22.0 Å². The molecule has 2 aromatic carbocycles. The van der Waals surface area contributed by atoms with E-state index < -0.39 is 35.7 Å². The summed E-state index contributed by atoms with van der Waals surface area (Å²) >= 11 is 0. The summed E-state index contributed by atoms with van der Waals surface area (Å²) in [5, 5.41) is 0.922. The summed E-state index contributed by atoms with van der Waals surface area (Å²) in [6, 6.07) is 15.0. The van der Waals surface area contributed by atoms with Crippen molar-refractivity contribution in [3.63, 3.8) is 0 Å². The van der Waals surface area contributed by atoms with Gasteiger partial charge >= 0.3 is 12.5 Å². The van der Waals surface area contributed by atoms with Gasteiger partial charge in [0.05, 0.1) is 11.0 Å². The van der Waals surface area contributed by atoms with Gasteiger partial charge in [-0.25, -0.2) is 18.1 Å². The lowest BCUT2D eigenvalue weighted by atomic mass is 10.2. The molecule has 1 heterocycles. The Morgan fingerprint density at radius 2 is 1.83 bits per heavy atom. The van der Waals surface area contributed by atoms with Crippen LogP contribution in [0.25, 0.3) is 17.1 Å². The molecule has 0 radical (unpaired) electrons. The number of esters is 1. The Balaban J connectivity index is 1.58. The van der Waals surface area contributed by atoms with E-state index in [4.69, 9.17) is 4.74 Å². The third-order valence-electron chi connectivity index (χ3n) is 3.88. The van der Waals surface area contributed by atoms with Crippen LogP contribution in [0.5, 0.6) is 0 Å². The van der Waals surface area contributed by atoms with Crippen LogP contribution in [0.2, 0.25) is 0 Å². The fraction of sp³-hybridized carbons (Fsp3) is 0.158. The molecule has 0 saturated carbocycles. The van der Waals surface area contributed by atoms with Crippen LogP contribution in [-0.4, -0.2) is 30.5 Å². The molecule has 0 spiro atoms. The molecule has 29 heavy (non-hydrogen) atoms. The van der Waals surface area contributed by atoms with Crippen molar-refractivity contribution in [2.75, 3.05) is 6.54 Å². The van der Waals surface area contributed by atoms with E-state index in [0.29, 0.717) is 15.6 Å². The summed E-state index contributed by atoms with van der Waals surface area (Å²) in [5.74, 6) is -1.06. The number of benzene rings is 2. The summed E-state index contributed by atoms with van der Waals surface area (Å²) in [6.45, 7) is -4.02. The van der Waals surface area contributed by atoms with E-state index in [0.717, 1.165) is 5.41 Å². The Bertz CT molecular complexity index is 1130. The monoisotopic (exact) mass is 421 g/mol. The number of ether oxygens (including phenoxy) is 1. The molecular formula is C19H17F2N3O4S. The molecule has 0 fully saturated rings. The van der Waals surface area contributed by atoms with Crippen LogP contribution in [0.1, 0.15) is 17.9 Å². The van der Waals surface area contributed by atoms with Gasteiger partial charge in [-0.15, -0.1) is 0 Å². The van der Waals surface area contributed by atoms with Crippen molar-refractivity contribution in [2.24, 2.45) is 0 Å². The van der Waals surface area contributed by atoms with Crippen molar-refractivity contribution < 1.29 is 26.7 Å². The van der Waals surface area contributed by atoms with Gasteiger partial charge in [0.1, 0.15) is 13.2 Å². The SMILES string of the molecule is O=C(CNS(=O)(=O)/C=C/c1ccccc1)OCc1nc2ccccc2n1C(F)F. The number of carbonyl (C=O) groups excluding carboxylic acids is 1. The van der Waals surface area contributed by atoms with Crippen molar-refractivity contribution in [3.05, 3.63) is 71.4 Å². The molecule has 152 valence electrons. The number of nitrogens with one attached hydrogen (secondary N) is 1. The molecule has 0 aliphatic carbocycles. The number of hydrogen-bond donors (Lipinski definition) is 1. The molecular weight excluding hydrogens is 404 g/mol. The number of nitrogens with zero attached hydrogens (tertiary/aromatic N) is 2. The van der Waals surface area contributed by atoms with Gasteiger partial charge in [-0.3, -0.25) is 9.36 Å². The van der Waals surface area contributed by atoms with Gasteiger partial charge in [-0.2, -0.15) is 8.78 Å². The quantitative estimate of drug-likeness (QED) is 0.565. The highest BCUT2D eigenvalue weighted by molar-refractivity contribution is 7.92. The molecule has 3 rings (SSSR count). The Labute approximate surface area is 165 Å². The largest absolute Gasteiger partial charge is 0.457 e. The Morgan fingerprint density at radius 3 is 2.55 bits per heavy atom. The van der Waals surface area contributed by atoms with Crippen molar-refractivity contribution >= 4 is 33.1 Å². The van der Waals surface area contributed by atoms with Crippen LogP contribution in [0.3, 0.4) is 0 Å². The summed E-state index contributed by atoms with van der Waals surface area (Å²) < 4.78 is 58.1. The Morgan fingerprint density at radius 1 is 1.14 bits per heavy atom. The number of fused-ring (bicyclic) bond motifs is 1. The number of rotatable bonds is 8.